The third kappa shape index (κ3) is 3.35. The van der Waals surface area contributed by atoms with Gasteiger partial charge >= 0.3 is 0 Å². The number of hydrogen-bond donors (Lipinski definition) is 0. The largest absolute Gasteiger partial charge is 0.497 e. The van der Waals surface area contributed by atoms with Gasteiger partial charge in [-0.2, -0.15) is 0 Å². The molecule has 0 fully saturated rings. The maximum Gasteiger partial charge on any atom is 0.200 e. The smallest absolute Gasteiger partial charge is 0.200 e. The molecule has 0 spiro atoms. The van der Waals surface area contributed by atoms with Gasteiger partial charge in [0.15, 0.2) is 12.4 Å². The van der Waals surface area contributed by atoms with Crippen LogP contribution in [-0.4, -0.2) is 19.5 Å². The van der Waals surface area contributed by atoms with Crippen molar-refractivity contribution in [3.63, 3.8) is 0 Å². The zero-order valence-corrected chi connectivity index (χ0v) is 11.4. The second kappa shape index (κ2) is 6.19. The summed E-state index contributed by atoms with van der Waals surface area (Å²) in [6, 6.07) is 11.3. The standard InChI is InChI=1S/C16H15FO3/c1-11-6-7-14(9-15(11)17)20-10-16(18)12-4-3-5-13(8-12)19-2/h3-9H,10H2,1-2H3. The molecule has 3 nitrogen and oxygen atoms in total. The molecule has 0 heterocycles. The van der Waals surface area contributed by atoms with Crippen LogP contribution < -0.4 is 9.47 Å². The number of ketones is 1. The number of benzene rings is 2. The third-order valence-corrected chi connectivity index (χ3v) is 2.90. The molecule has 0 saturated heterocycles. The lowest BCUT2D eigenvalue weighted by atomic mass is 10.1. The highest BCUT2D eigenvalue weighted by atomic mass is 19.1. The summed E-state index contributed by atoms with van der Waals surface area (Å²) in [6.45, 7) is 1.52. The molecule has 0 aliphatic rings. The highest BCUT2D eigenvalue weighted by Gasteiger charge is 2.08. The number of hydrogen-bond acceptors (Lipinski definition) is 3. The number of carbonyl (C=O) groups excluding carboxylic acids is 1. The zero-order chi connectivity index (χ0) is 14.5. The van der Waals surface area contributed by atoms with Crippen molar-refractivity contribution in [2.75, 3.05) is 13.7 Å². The monoisotopic (exact) mass is 274 g/mol. The lowest BCUT2D eigenvalue weighted by Gasteiger charge is -2.07. The third-order valence-electron chi connectivity index (χ3n) is 2.90. The van der Waals surface area contributed by atoms with Crippen LogP contribution in [0.4, 0.5) is 4.39 Å². The Hall–Kier alpha value is -2.36. The van der Waals surface area contributed by atoms with Gasteiger partial charge in [0.1, 0.15) is 17.3 Å². The van der Waals surface area contributed by atoms with Crippen molar-refractivity contribution < 1.29 is 18.7 Å². The quantitative estimate of drug-likeness (QED) is 0.784. The number of Topliss-reactive ketones (excluding diaryl/α,β-unsaturated/α-hetero) is 1. The fourth-order valence-corrected chi connectivity index (χ4v) is 1.69. The van der Waals surface area contributed by atoms with Crippen molar-refractivity contribution in [2.45, 2.75) is 6.92 Å². The van der Waals surface area contributed by atoms with Crippen LogP contribution >= 0.6 is 0 Å². The molecule has 20 heavy (non-hydrogen) atoms. The second-order valence-electron chi connectivity index (χ2n) is 4.35. The Morgan fingerprint density at radius 2 is 1.95 bits per heavy atom. The molecule has 0 aliphatic heterocycles. The van der Waals surface area contributed by atoms with Gasteiger partial charge in [-0.3, -0.25) is 4.79 Å². The summed E-state index contributed by atoms with van der Waals surface area (Å²) in [6.07, 6.45) is 0. The van der Waals surface area contributed by atoms with Crippen LogP contribution in [0.2, 0.25) is 0 Å². The molecule has 2 rings (SSSR count). The lowest BCUT2D eigenvalue weighted by Crippen LogP contribution is -2.11. The van der Waals surface area contributed by atoms with Gasteiger partial charge in [-0.15, -0.1) is 0 Å². The predicted molar refractivity (Wildman–Crippen MR) is 74.0 cm³/mol. The summed E-state index contributed by atoms with van der Waals surface area (Å²) in [4.78, 5) is 12.0. The van der Waals surface area contributed by atoms with Crippen molar-refractivity contribution in [1.29, 1.82) is 0 Å². The van der Waals surface area contributed by atoms with Gasteiger partial charge in [0.25, 0.3) is 0 Å². The summed E-state index contributed by atoms with van der Waals surface area (Å²) in [7, 11) is 1.54. The first-order chi connectivity index (χ1) is 9.60. The van der Waals surface area contributed by atoms with Gasteiger partial charge in [0.05, 0.1) is 7.11 Å². The SMILES string of the molecule is COc1cccc(C(=O)COc2ccc(C)c(F)c2)c1. The Morgan fingerprint density at radius 1 is 1.15 bits per heavy atom. The molecular formula is C16H15FO3. The van der Waals surface area contributed by atoms with Crippen LogP contribution in [0.15, 0.2) is 42.5 Å². The molecule has 2 aromatic carbocycles. The van der Waals surface area contributed by atoms with Gasteiger partial charge in [0.2, 0.25) is 0 Å². The average Bonchev–Trinajstić information content (AvgIpc) is 2.48. The Bertz CT molecular complexity index is 623. The maximum atomic E-state index is 13.3. The van der Waals surface area contributed by atoms with E-state index in [-0.39, 0.29) is 18.2 Å². The first-order valence-corrected chi connectivity index (χ1v) is 6.16. The Kier molecular flexibility index (Phi) is 4.35. The van der Waals surface area contributed by atoms with Gasteiger partial charge in [-0.1, -0.05) is 18.2 Å². The summed E-state index contributed by atoms with van der Waals surface area (Å²) < 4.78 is 23.7. The number of halogens is 1. The van der Waals surface area contributed by atoms with Crippen LogP contribution in [0.25, 0.3) is 0 Å². The van der Waals surface area contributed by atoms with Crippen LogP contribution in [0.5, 0.6) is 11.5 Å². The van der Waals surface area contributed by atoms with E-state index >= 15 is 0 Å². The van der Waals surface area contributed by atoms with Crippen LogP contribution in [-0.2, 0) is 0 Å². The number of methoxy groups -OCH3 is 1. The molecule has 0 aliphatic carbocycles. The molecule has 0 atom stereocenters. The molecule has 0 radical (unpaired) electrons. The topological polar surface area (TPSA) is 35.5 Å². The van der Waals surface area contributed by atoms with Gasteiger partial charge in [-0.05, 0) is 30.7 Å². The molecule has 0 N–H and O–H groups in total. The number of aryl methyl sites for hydroxylation is 1. The van der Waals surface area contributed by atoms with Crippen LogP contribution in [0.1, 0.15) is 15.9 Å². The second-order valence-corrected chi connectivity index (χ2v) is 4.35. The number of rotatable bonds is 5. The van der Waals surface area contributed by atoms with E-state index in [1.54, 1.807) is 43.3 Å². The van der Waals surface area contributed by atoms with Crippen molar-refractivity contribution in [3.8, 4) is 11.5 Å². The summed E-state index contributed by atoms with van der Waals surface area (Å²) in [5.41, 5.74) is 1.04. The van der Waals surface area contributed by atoms with Gasteiger partial charge < -0.3 is 9.47 Å². The summed E-state index contributed by atoms with van der Waals surface area (Å²) >= 11 is 0. The highest BCUT2D eigenvalue weighted by Crippen LogP contribution is 2.17. The lowest BCUT2D eigenvalue weighted by molar-refractivity contribution is 0.0921. The van der Waals surface area contributed by atoms with E-state index < -0.39 is 0 Å². The zero-order valence-electron chi connectivity index (χ0n) is 11.4. The van der Waals surface area contributed by atoms with Gasteiger partial charge in [-0.25, -0.2) is 4.39 Å². The van der Waals surface area contributed by atoms with Crippen molar-refractivity contribution in [1.82, 2.24) is 0 Å². The molecule has 2 aromatic rings. The van der Waals surface area contributed by atoms with E-state index in [1.807, 2.05) is 0 Å². The molecule has 0 aromatic heterocycles. The highest BCUT2D eigenvalue weighted by molar-refractivity contribution is 5.97. The molecule has 0 saturated carbocycles. The number of ether oxygens (including phenoxy) is 2. The molecule has 0 amide bonds. The van der Waals surface area contributed by atoms with E-state index in [4.69, 9.17) is 9.47 Å². The van der Waals surface area contributed by atoms with E-state index in [0.717, 1.165) is 0 Å². The summed E-state index contributed by atoms with van der Waals surface area (Å²) in [5, 5.41) is 0. The minimum absolute atomic E-state index is 0.143. The Morgan fingerprint density at radius 3 is 2.65 bits per heavy atom. The fourth-order valence-electron chi connectivity index (χ4n) is 1.69. The van der Waals surface area contributed by atoms with Crippen molar-refractivity contribution in [3.05, 3.63) is 59.4 Å². The van der Waals surface area contributed by atoms with E-state index in [2.05, 4.69) is 0 Å². The molecular weight excluding hydrogens is 259 g/mol. The fraction of sp³-hybridized carbons (Fsp3) is 0.188. The first kappa shape index (κ1) is 14.1. The van der Waals surface area contributed by atoms with Crippen molar-refractivity contribution in [2.24, 2.45) is 0 Å². The molecule has 104 valence electrons. The Balaban J connectivity index is 2.02. The van der Waals surface area contributed by atoms with Gasteiger partial charge in [0, 0.05) is 11.6 Å². The van der Waals surface area contributed by atoms with Crippen molar-refractivity contribution >= 4 is 5.78 Å². The predicted octanol–water partition coefficient (Wildman–Crippen LogP) is 3.40. The molecule has 0 unspecified atom stereocenters. The van der Waals surface area contributed by atoms with E-state index in [0.29, 0.717) is 22.6 Å². The molecule has 0 bridgehead atoms. The van der Waals surface area contributed by atoms with E-state index in [1.165, 1.54) is 13.2 Å². The maximum absolute atomic E-state index is 13.3. The minimum Gasteiger partial charge on any atom is -0.497 e. The first-order valence-electron chi connectivity index (χ1n) is 6.16. The van der Waals surface area contributed by atoms with Crippen LogP contribution in [0.3, 0.4) is 0 Å². The summed E-state index contributed by atoms with van der Waals surface area (Å²) in [5.74, 6) is 0.405. The minimum atomic E-state index is -0.351. The molecule has 4 heteroatoms. The van der Waals surface area contributed by atoms with Crippen LogP contribution in [0, 0.1) is 12.7 Å². The Labute approximate surface area is 117 Å². The van der Waals surface area contributed by atoms with E-state index in [9.17, 15) is 9.18 Å². The number of carbonyl (C=O) groups is 1. The average molecular weight is 274 g/mol. The normalized spacial score (nSPS) is 10.2.